The SMILES string of the molecule is CC1(C)OC(=O)[C@@]23CC4(OCCO4)[C@@]24CCCC[C@H]4[C@@]3(C)O1. The van der Waals surface area contributed by atoms with Crippen LogP contribution in [0.3, 0.4) is 0 Å². The number of fused-ring (bicyclic) bond motifs is 1. The fourth-order valence-electron chi connectivity index (χ4n) is 6.88. The van der Waals surface area contributed by atoms with Crippen molar-refractivity contribution < 1.29 is 23.7 Å². The lowest BCUT2D eigenvalue weighted by Crippen LogP contribution is -2.95. The summed E-state index contributed by atoms with van der Waals surface area (Å²) in [6.45, 7) is 7.04. The number of ether oxygens (including phenoxy) is 4. The molecule has 0 radical (unpaired) electrons. The Hall–Kier alpha value is -0.650. The molecule has 5 fully saturated rings. The Bertz CT molecular complexity index is 565. The second-order valence-corrected chi connectivity index (χ2v) is 8.30. The highest BCUT2D eigenvalue weighted by molar-refractivity contribution is 5.86. The van der Waals surface area contributed by atoms with Gasteiger partial charge in [-0.3, -0.25) is 4.79 Å². The van der Waals surface area contributed by atoms with Crippen LogP contribution in [-0.2, 0) is 23.7 Å². The third kappa shape index (κ3) is 1.06. The largest absolute Gasteiger partial charge is 0.433 e. The molecule has 5 nitrogen and oxygen atoms in total. The molecule has 0 bridgehead atoms. The van der Waals surface area contributed by atoms with E-state index in [1.165, 1.54) is 6.42 Å². The van der Waals surface area contributed by atoms with Gasteiger partial charge in [0.25, 0.3) is 0 Å². The lowest BCUT2D eigenvalue weighted by atomic mass is 9.22. The van der Waals surface area contributed by atoms with E-state index in [0.29, 0.717) is 25.6 Å². The van der Waals surface area contributed by atoms with Crippen LogP contribution in [0.5, 0.6) is 0 Å². The summed E-state index contributed by atoms with van der Waals surface area (Å²) in [6.07, 6.45) is 4.95. The maximum absolute atomic E-state index is 13.0. The molecule has 0 N–H and O–H groups in total. The molecule has 0 unspecified atom stereocenters. The van der Waals surface area contributed by atoms with Gasteiger partial charge in [-0.15, -0.1) is 0 Å². The average molecular weight is 308 g/mol. The van der Waals surface area contributed by atoms with Crippen LogP contribution in [-0.4, -0.2) is 36.4 Å². The van der Waals surface area contributed by atoms with Crippen molar-refractivity contribution in [1.82, 2.24) is 0 Å². The van der Waals surface area contributed by atoms with Gasteiger partial charge in [0, 0.05) is 31.6 Å². The summed E-state index contributed by atoms with van der Waals surface area (Å²) in [5.41, 5.74) is -1.27. The number of hydrogen-bond donors (Lipinski definition) is 0. The van der Waals surface area contributed by atoms with Crippen molar-refractivity contribution in [2.24, 2.45) is 16.7 Å². The van der Waals surface area contributed by atoms with Crippen LogP contribution in [0.1, 0.15) is 52.9 Å². The summed E-state index contributed by atoms with van der Waals surface area (Å²) in [4.78, 5) is 13.0. The second kappa shape index (κ2) is 3.55. The molecule has 5 rings (SSSR count). The fraction of sp³-hybridized carbons (Fsp3) is 0.941. The van der Waals surface area contributed by atoms with Crippen LogP contribution >= 0.6 is 0 Å². The summed E-state index contributed by atoms with van der Waals surface area (Å²) in [5, 5.41) is 0. The minimum Gasteiger partial charge on any atom is -0.433 e. The van der Waals surface area contributed by atoms with E-state index in [4.69, 9.17) is 18.9 Å². The Kier molecular flexibility index (Phi) is 2.22. The molecule has 2 heterocycles. The smallest absolute Gasteiger partial charge is 0.318 e. The van der Waals surface area contributed by atoms with E-state index in [9.17, 15) is 4.79 Å². The van der Waals surface area contributed by atoms with Gasteiger partial charge in [0.1, 0.15) is 5.41 Å². The molecule has 0 amide bonds. The van der Waals surface area contributed by atoms with Gasteiger partial charge >= 0.3 is 5.97 Å². The summed E-state index contributed by atoms with van der Waals surface area (Å²) in [6, 6.07) is 0. The van der Waals surface area contributed by atoms with Gasteiger partial charge in [-0.2, -0.15) is 0 Å². The minimum absolute atomic E-state index is 0.103. The molecular formula is C17H24O5. The second-order valence-electron chi connectivity index (χ2n) is 8.30. The molecule has 4 atom stereocenters. The van der Waals surface area contributed by atoms with E-state index in [1.807, 2.05) is 13.8 Å². The summed E-state index contributed by atoms with van der Waals surface area (Å²) in [5.74, 6) is -1.20. The van der Waals surface area contributed by atoms with Crippen LogP contribution in [0.2, 0.25) is 0 Å². The fourth-order valence-corrected chi connectivity index (χ4v) is 6.88. The van der Waals surface area contributed by atoms with Crippen LogP contribution in [0, 0.1) is 16.7 Å². The number of hydrogen-bond acceptors (Lipinski definition) is 5. The number of carbonyl (C=O) groups excluding carboxylic acids is 1. The molecule has 2 aliphatic heterocycles. The summed E-state index contributed by atoms with van der Waals surface area (Å²) >= 11 is 0. The Labute approximate surface area is 130 Å². The standard InChI is InChI=1S/C17H24O5/c1-13(2)21-12(18)16-10-17(19-8-9-20-17)15(16)7-5-4-6-11(15)14(16,3)22-13/h11H,4-10H2,1-3H3/t11-,14+,15+,16+/m0/s1. The van der Waals surface area contributed by atoms with Gasteiger partial charge in [0.05, 0.1) is 18.8 Å². The Balaban J connectivity index is 1.66. The first-order valence-corrected chi connectivity index (χ1v) is 8.55. The first kappa shape index (κ1) is 13.8. The van der Waals surface area contributed by atoms with Crippen LogP contribution in [0.15, 0.2) is 0 Å². The lowest BCUT2D eigenvalue weighted by Gasteiger charge is -2.86. The zero-order chi connectivity index (χ0) is 15.4. The van der Waals surface area contributed by atoms with E-state index in [2.05, 4.69) is 6.92 Å². The van der Waals surface area contributed by atoms with Crippen LogP contribution in [0.4, 0.5) is 0 Å². The summed E-state index contributed by atoms with van der Waals surface area (Å²) < 4.78 is 24.2. The van der Waals surface area contributed by atoms with Crippen molar-refractivity contribution in [3.63, 3.8) is 0 Å². The van der Waals surface area contributed by atoms with E-state index in [1.54, 1.807) is 0 Å². The topological polar surface area (TPSA) is 54.0 Å². The van der Waals surface area contributed by atoms with E-state index < -0.39 is 22.6 Å². The zero-order valence-electron chi connectivity index (χ0n) is 13.6. The van der Waals surface area contributed by atoms with Crippen molar-refractivity contribution in [2.45, 2.75) is 70.1 Å². The molecule has 3 spiro atoms. The average Bonchev–Trinajstić information content (AvgIpc) is 2.92. The number of rotatable bonds is 0. The first-order chi connectivity index (χ1) is 10.3. The molecule has 122 valence electrons. The molecule has 3 aliphatic carbocycles. The Morgan fingerprint density at radius 3 is 2.55 bits per heavy atom. The van der Waals surface area contributed by atoms with E-state index in [-0.39, 0.29) is 11.4 Å². The number of carbonyl (C=O) groups is 1. The molecule has 3 saturated carbocycles. The molecule has 5 heteroatoms. The summed E-state index contributed by atoms with van der Waals surface area (Å²) in [7, 11) is 0. The van der Waals surface area contributed by atoms with Gasteiger partial charge in [0.15, 0.2) is 5.79 Å². The van der Waals surface area contributed by atoms with Crippen molar-refractivity contribution >= 4 is 5.97 Å². The lowest BCUT2D eigenvalue weighted by molar-refractivity contribution is -0.525. The predicted octanol–water partition coefficient (Wildman–Crippen LogP) is 2.38. The van der Waals surface area contributed by atoms with Crippen molar-refractivity contribution in [1.29, 1.82) is 0 Å². The Morgan fingerprint density at radius 2 is 1.82 bits per heavy atom. The highest BCUT2D eigenvalue weighted by Crippen LogP contribution is 2.88. The highest BCUT2D eigenvalue weighted by atomic mass is 16.8. The molecule has 22 heavy (non-hydrogen) atoms. The Morgan fingerprint density at radius 1 is 1.09 bits per heavy atom. The van der Waals surface area contributed by atoms with Gasteiger partial charge < -0.3 is 18.9 Å². The third-order valence-corrected chi connectivity index (χ3v) is 7.26. The molecule has 2 saturated heterocycles. The third-order valence-electron chi connectivity index (χ3n) is 7.26. The molecular weight excluding hydrogens is 284 g/mol. The van der Waals surface area contributed by atoms with Crippen molar-refractivity contribution in [3.8, 4) is 0 Å². The van der Waals surface area contributed by atoms with Gasteiger partial charge in [-0.1, -0.05) is 12.8 Å². The molecule has 0 aromatic rings. The minimum atomic E-state index is -0.846. The molecule has 0 aromatic heterocycles. The maximum atomic E-state index is 13.0. The number of cyclic esters (lactones) is 1. The predicted molar refractivity (Wildman–Crippen MR) is 75.7 cm³/mol. The normalized spacial score (nSPS) is 53.6. The van der Waals surface area contributed by atoms with Crippen molar-refractivity contribution in [2.75, 3.05) is 13.2 Å². The quantitative estimate of drug-likeness (QED) is 0.643. The zero-order valence-corrected chi connectivity index (χ0v) is 13.6. The van der Waals surface area contributed by atoms with E-state index in [0.717, 1.165) is 19.3 Å². The van der Waals surface area contributed by atoms with Gasteiger partial charge in [-0.25, -0.2) is 0 Å². The monoisotopic (exact) mass is 308 g/mol. The van der Waals surface area contributed by atoms with Crippen molar-refractivity contribution in [3.05, 3.63) is 0 Å². The van der Waals surface area contributed by atoms with Gasteiger partial charge in [-0.05, 0) is 19.8 Å². The van der Waals surface area contributed by atoms with Crippen LogP contribution in [0.25, 0.3) is 0 Å². The van der Waals surface area contributed by atoms with Crippen LogP contribution < -0.4 is 0 Å². The number of esters is 1. The van der Waals surface area contributed by atoms with E-state index >= 15 is 0 Å². The van der Waals surface area contributed by atoms with Gasteiger partial charge in [0.2, 0.25) is 5.79 Å². The molecule has 5 aliphatic rings. The molecule has 0 aromatic carbocycles. The highest BCUT2D eigenvalue weighted by Gasteiger charge is 2.97. The first-order valence-electron chi connectivity index (χ1n) is 8.55. The maximum Gasteiger partial charge on any atom is 0.318 e.